The Bertz CT molecular complexity index is 639. The van der Waals surface area contributed by atoms with Gasteiger partial charge in [-0.25, -0.2) is 0 Å². The maximum absolute atomic E-state index is 6.12. The Hall–Kier alpha value is -1.79. The van der Waals surface area contributed by atoms with E-state index in [0.717, 1.165) is 16.8 Å². The topological polar surface area (TPSA) is 43.3 Å². The van der Waals surface area contributed by atoms with E-state index in [2.05, 4.69) is 32.7 Å². The van der Waals surface area contributed by atoms with Gasteiger partial charge in [-0.15, -0.1) is 0 Å². The summed E-state index contributed by atoms with van der Waals surface area (Å²) in [6.07, 6.45) is 5.45. The summed E-state index contributed by atoms with van der Waals surface area (Å²) in [6, 6.07) is 5.93. The number of allylic oxidation sites excluding steroid dienone is 1. The molecule has 23 heavy (non-hydrogen) atoms. The van der Waals surface area contributed by atoms with Crippen LogP contribution in [0.25, 0.3) is 0 Å². The fourth-order valence-corrected chi connectivity index (χ4v) is 2.50. The van der Waals surface area contributed by atoms with E-state index >= 15 is 0 Å². The SMILES string of the molecule is Cc1cc(ON2C=CC=NC2)ccc1B1OC(C)(C)C(C)(C)O1. The van der Waals surface area contributed by atoms with Crippen molar-refractivity contribution < 1.29 is 14.1 Å². The van der Waals surface area contributed by atoms with Gasteiger partial charge >= 0.3 is 7.12 Å². The molecule has 0 atom stereocenters. The van der Waals surface area contributed by atoms with Crippen molar-refractivity contribution in [2.75, 3.05) is 6.67 Å². The van der Waals surface area contributed by atoms with Gasteiger partial charge in [0.1, 0.15) is 6.67 Å². The molecule has 1 aromatic rings. The lowest BCUT2D eigenvalue weighted by atomic mass is 9.76. The van der Waals surface area contributed by atoms with Gasteiger partial charge in [0, 0.05) is 12.4 Å². The van der Waals surface area contributed by atoms with E-state index in [1.54, 1.807) is 11.3 Å². The first-order valence-corrected chi connectivity index (χ1v) is 7.86. The van der Waals surface area contributed by atoms with Crippen LogP contribution in [0.15, 0.2) is 35.5 Å². The molecule has 1 saturated heterocycles. The highest BCUT2D eigenvalue weighted by molar-refractivity contribution is 6.62. The van der Waals surface area contributed by atoms with Crippen LogP contribution in [-0.2, 0) is 9.31 Å². The highest BCUT2D eigenvalue weighted by atomic mass is 16.7. The number of hydrogen-bond donors (Lipinski definition) is 0. The zero-order valence-electron chi connectivity index (χ0n) is 14.4. The zero-order valence-corrected chi connectivity index (χ0v) is 14.4. The molecule has 0 spiro atoms. The van der Waals surface area contributed by atoms with Gasteiger partial charge in [0.25, 0.3) is 0 Å². The zero-order chi connectivity index (χ0) is 16.7. The van der Waals surface area contributed by atoms with Gasteiger partial charge in [0.2, 0.25) is 0 Å². The fraction of sp³-hybridized carbons (Fsp3) is 0.471. The third kappa shape index (κ3) is 3.14. The summed E-state index contributed by atoms with van der Waals surface area (Å²) in [7, 11) is -0.353. The minimum Gasteiger partial charge on any atom is -0.399 e. The molecule has 3 rings (SSSR count). The van der Waals surface area contributed by atoms with Gasteiger partial charge in [-0.3, -0.25) is 4.99 Å². The smallest absolute Gasteiger partial charge is 0.399 e. The van der Waals surface area contributed by atoms with Crippen LogP contribution in [0.1, 0.15) is 33.3 Å². The third-order valence-electron chi connectivity index (χ3n) is 4.64. The molecule has 0 bridgehead atoms. The van der Waals surface area contributed by atoms with Gasteiger partial charge < -0.3 is 14.1 Å². The van der Waals surface area contributed by atoms with Gasteiger partial charge in [-0.2, -0.15) is 5.06 Å². The van der Waals surface area contributed by atoms with E-state index < -0.39 is 0 Å². The van der Waals surface area contributed by atoms with E-state index in [4.69, 9.17) is 14.1 Å². The Kier molecular flexibility index (Phi) is 3.98. The van der Waals surface area contributed by atoms with Crippen LogP contribution < -0.4 is 10.3 Å². The van der Waals surface area contributed by atoms with Crippen molar-refractivity contribution in [1.82, 2.24) is 5.06 Å². The summed E-state index contributed by atoms with van der Waals surface area (Å²) in [5, 5.41) is 1.68. The predicted octanol–water partition coefficient (Wildman–Crippen LogP) is 2.45. The molecule has 0 radical (unpaired) electrons. The summed E-state index contributed by atoms with van der Waals surface area (Å²) in [5.41, 5.74) is 1.43. The number of aryl methyl sites for hydroxylation is 1. The predicted molar refractivity (Wildman–Crippen MR) is 91.9 cm³/mol. The normalized spacial score (nSPS) is 21.8. The summed E-state index contributed by atoms with van der Waals surface area (Å²) in [5.74, 6) is 0.768. The molecule has 122 valence electrons. The van der Waals surface area contributed by atoms with Crippen molar-refractivity contribution in [3.63, 3.8) is 0 Å². The van der Waals surface area contributed by atoms with E-state index in [1.807, 2.05) is 37.4 Å². The van der Waals surface area contributed by atoms with Crippen LogP contribution in [0.3, 0.4) is 0 Å². The molecule has 2 aliphatic heterocycles. The van der Waals surface area contributed by atoms with Gasteiger partial charge in [-0.1, -0.05) is 6.07 Å². The van der Waals surface area contributed by atoms with Crippen LogP contribution in [-0.4, -0.2) is 36.3 Å². The number of aliphatic imine (C=N–C) groups is 1. The molecule has 0 aliphatic carbocycles. The van der Waals surface area contributed by atoms with Crippen LogP contribution in [0.2, 0.25) is 0 Å². The van der Waals surface area contributed by atoms with Crippen LogP contribution in [0.4, 0.5) is 0 Å². The third-order valence-corrected chi connectivity index (χ3v) is 4.64. The van der Waals surface area contributed by atoms with E-state index in [1.165, 1.54) is 0 Å². The molecule has 1 aromatic carbocycles. The van der Waals surface area contributed by atoms with Gasteiger partial charge in [0.05, 0.1) is 11.2 Å². The number of rotatable bonds is 3. The Balaban J connectivity index is 1.75. The van der Waals surface area contributed by atoms with Gasteiger partial charge in [0.15, 0.2) is 5.75 Å². The number of benzene rings is 1. The van der Waals surface area contributed by atoms with Crippen molar-refractivity contribution in [3.8, 4) is 5.75 Å². The second kappa shape index (κ2) is 5.69. The number of hydrogen-bond acceptors (Lipinski definition) is 5. The van der Waals surface area contributed by atoms with Crippen molar-refractivity contribution in [3.05, 3.63) is 36.0 Å². The highest BCUT2D eigenvalue weighted by Crippen LogP contribution is 2.36. The lowest BCUT2D eigenvalue weighted by Gasteiger charge is -2.32. The second-order valence-electron chi connectivity index (χ2n) is 6.93. The van der Waals surface area contributed by atoms with Crippen LogP contribution in [0.5, 0.6) is 5.75 Å². The maximum Gasteiger partial charge on any atom is 0.495 e. The number of hydroxylamine groups is 2. The second-order valence-corrected chi connectivity index (χ2v) is 6.93. The summed E-state index contributed by atoms with van der Waals surface area (Å²) < 4.78 is 12.2. The van der Waals surface area contributed by atoms with Crippen LogP contribution >= 0.6 is 0 Å². The summed E-state index contributed by atoms with van der Waals surface area (Å²) >= 11 is 0. The summed E-state index contributed by atoms with van der Waals surface area (Å²) in [6.45, 7) is 10.8. The molecule has 2 heterocycles. The Morgan fingerprint density at radius 3 is 2.43 bits per heavy atom. The maximum atomic E-state index is 6.12. The molecule has 0 unspecified atom stereocenters. The molecular weight excluding hydrogens is 291 g/mol. The average Bonchev–Trinajstić information content (AvgIpc) is 2.68. The molecule has 6 heteroatoms. The summed E-state index contributed by atoms with van der Waals surface area (Å²) in [4.78, 5) is 9.93. The van der Waals surface area contributed by atoms with Crippen LogP contribution in [0, 0.1) is 6.92 Å². The highest BCUT2D eigenvalue weighted by Gasteiger charge is 2.52. The molecule has 2 aliphatic rings. The van der Waals surface area contributed by atoms with E-state index in [9.17, 15) is 0 Å². The largest absolute Gasteiger partial charge is 0.495 e. The lowest BCUT2D eigenvalue weighted by molar-refractivity contribution is -0.00507. The van der Waals surface area contributed by atoms with E-state index in [-0.39, 0.29) is 18.3 Å². The fourth-order valence-electron chi connectivity index (χ4n) is 2.50. The minimum atomic E-state index is -0.353. The lowest BCUT2D eigenvalue weighted by Crippen LogP contribution is -2.41. The first-order valence-electron chi connectivity index (χ1n) is 7.86. The van der Waals surface area contributed by atoms with Crippen molar-refractivity contribution >= 4 is 18.8 Å². The van der Waals surface area contributed by atoms with Crippen molar-refractivity contribution in [1.29, 1.82) is 0 Å². The molecule has 0 amide bonds. The number of nitrogens with zero attached hydrogens (tertiary/aromatic N) is 2. The molecular formula is C17H23BN2O3. The standard InChI is InChI=1S/C17H23BN2O3/c1-13-11-14(21-20-10-6-9-19-12-20)7-8-15(13)18-22-16(2,3)17(4,5)23-18/h6-11H,12H2,1-5H3. The molecule has 5 nitrogen and oxygen atoms in total. The Labute approximate surface area is 138 Å². The Morgan fingerprint density at radius 1 is 1.17 bits per heavy atom. The molecule has 0 aromatic heterocycles. The first kappa shape index (κ1) is 16.1. The minimum absolute atomic E-state index is 0.337. The molecule has 0 N–H and O–H groups in total. The molecule has 0 saturated carbocycles. The van der Waals surface area contributed by atoms with E-state index in [0.29, 0.717) is 6.67 Å². The Morgan fingerprint density at radius 2 is 1.87 bits per heavy atom. The first-order chi connectivity index (χ1) is 10.8. The van der Waals surface area contributed by atoms with Crippen molar-refractivity contribution in [2.24, 2.45) is 4.99 Å². The van der Waals surface area contributed by atoms with Gasteiger partial charge in [-0.05, 0) is 63.9 Å². The quantitative estimate of drug-likeness (QED) is 0.804. The monoisotopic (exact) mass is 314 g/mol. The van der Waals surface area contributed by atoms with Crippen molar-refractivity contribution in [2.45, 2.75) is 45.8 Å². The molecule has 1 fully saturated rings. The average molecular weight is 314 g/mol.